The first-order valence-corrected chi connectivity index (χ1v) is 8.78. The van der Waals surface area contributed by atoms with Crippen LogP contribution in [0.5, 0.6) is 5.75 Å². The molecule has 0 saturated carbocycles. The average molecular weight is 355 g/mol. The summed E-state index contributed by atoms with van der Waals surface area (Å²) in [5.41, 5.74) is 2.15. The molecular weight excluding hydrogens is 330 g/mol. The highest BCUT2D eigenvalue weighted by Crippen LogP contribution is 2.21. The largest absolute Gasteiger partial charge is 0.482 e. The third-order valence-corrected chi connectivity index (χ3v) is 3.94. The van der Waals surface area contributed by atoms with E-state index in [2.05, 4.69) is 5.32 Å². The van der Waals surface area contributed by atoms with Crippen molar-refractivity contribution in [3.8, 4) is 5.75 Å². The third-order valence-electron chi connectivity index (χ3n) is 3.94. The van der Waals surface area contributed by atoms with Crippen molar-refractivity contribution in [2.24, 2.45) is 0 Å². The van der Waals surface area contributed by atoms with Crippen LogP contribution in [-0.4, -0.2) is 31.1 Å². The molecule has 1 N–H and O–H groups in total. The molecule has 2 aromatic carbocycles. The van der Waals surface area contributed by atoms with Gasteiger partial charge < -0.3 is 14.8 Å². The molecule has 0 bridgehead atoms. The highest BCUT2D eigenvalue weighted by atomic mass is 16.6. The quantitative estimate of drug-likeness (QED) is 0.702. The fourth-order valence-corrected chi connectivity index (χ4v) is 2.35. The molecule has 0 spiro atoms. The van der Waals surface area contributed by atoms with Gasteiger partial charge in [-0.15, -0.1) is 0 Å². The molecule has 26 heavy (non-hydrogen) atoms. The molecular formula is C21H25NO4. The predicted molar refractivity (Wildman–Crippen MR) is 100 cm³/mol. The summed E-state index contributed by atoms with van der Waals surface area (Å²) in [6.45, 7) is 3.34. The first kappa shape index (κ1) is 19.5. The molecule has 0 unspecified atom stereocenters. The Hall–Kier alpha value is -2.82. The van der Waals surface area contributed by atoms with E-state index < -0.39 is 5.97 Å². The Kier molecular flexibility index (Phi) is 7.68. The zero-order valence-electron chi connectivity index (χ0n) is 15.2. The lowest BCUT2D eigenvalue weighted by Gasteiger charge is -2.13. The van der Waals surface area contributed by atoms with E-state index in [1.807, 2.05) is 68.4 Å². The summed E-state index contributed by atoms with van der Waals surface area (Å²) in [6, 6.07) is 17.7. The molecule has 1 amide bonds. The van der Waals surface area contributed by atoms with Crippen LogP contribution in [0.15, 0.2) is 54.6 Å². The lowest BCUT2D eigenvalue weighted by Crippen LogP contribution is -2.35. The van der Waals surface area contributed by atoms with Crippen LogP contribution in [0.4, 0.5) is 0 Å². The van der Waals surface area contributed by atoms with Crippen LogP contribution < -0.4 is 10.1 Å². The highest BCUT2D eigenvalue weighted by Gasteiger charge is 2.11. The Bertz CT molecular complexity index is 715. The summed E-state index contributed by atoms with van der Waals surface area (Å²) in [4.78, 5) is 23.4. The lowest BCUT2D eigenvalue weighted by molar-refractivity contribution is -0.150. The van der Waals surface area contributed by atoms with E-state index in [0.717, 1.165) is 17.5 Å². The molecule has 0 aromatic heterocycles. The molecule has 0 radical (unpaired) electrons. The average Bonchev–Trinajstić information content (AvgIpc) is 2.66. The number of amides is 1. The molecule has 0 aliphatic heterocycles. The normalized spacial score (nSPS) is 11.5. The van der Waals surface area contributed by atoms with E-state index in [1.54, 1.807) is 0 Å². The number of esters is 1. The van der Waals surface area contributed by atoms with Crippen LogP contribution in [0.3, 0.4) is 0 Å². The summed E-state index contributed by atoms with van der Waals surface area (Å²) >= 11 is 0. The maximum absolute atomic E-state index is 11.8. The van der Waals surface area contributed by atoms with Crippen LogP contribution in [-0.2, 0) is 20.7 Å². The Balaban J connectivity index is 1.83. The van der Waals surface area contributed by atoms with E-state index >= 15 is 0 Å². The van der Waals surface area contributed by atoms with Gasteiger partial charge in [-0.05, 0) is 30.5 Å². The minimum atomic E-state index is -0.571. The van der Waals surface area contributed by atoms with Crippen LogP contribution in [0.1, 0.15) is 31.4 Å². The summed E-state index contributed by atoms with van der Waals surface area (Å²) < 4.78 is 10.6. The number of ether oxygens (including phenoxy) is 2. The zero-order valence-corrected chi connectivity index (χ0v) is 15.2. The van der Waals surface area contributed by atoms with Gasteiger partial charge in [0.25, 0.3) is 5.91 Å². The maximum Gasteiger partial charge on any atom is 0.344 e. The molecule has 2 rings (SSSR count). The molecule has 138 valence electrons. The van der Waals surface area contributed by atoms with Gasteiger partial charge in [0.05, 0.1) is 0 Å². The lowest BCUT2D eigenvalue weighted by atomic mass is 10.0. The topological polar surface area (TPSA) is 64.6 Å². The fraction of sp³-hybridized carbons (Fsp3) is 0.333. The minimum absolute atomic E-state index is 0.0577. The summed E-state index contributed by atoms with van der Waals surface area (Å²) in [7, 11) is 0. The number of carbonyl (C=O) groups is 2. The van der Waals surface area contributed by atoms with Crippen LogP contribution in [0, 0.1) is 0 Å². The minimum Gasteiger partial charge on any atom is -0.482 e. The number of benzene rings is 2. The van der Waals surface area contributed by atoms with Crippen LogP contribution >= 0.6 is 0 Å². The first-order valence-electron chi connectivity index (χ1n) is 8.78. The predicted octanol–water partition coefficient (Wildman–Crippen LogP) is 3.11. The first-order chi connectivity index (χ1) is 12.6. The Labute approximate surface area is 154 Å². The summed E-state index contributed by atoms with van der Waals surface area (Å²) in [5, 5.41) is 2.74. The SMILES string of the molecule is CC[C@H](C)NC(=O)COC(=O)COc1ccccc1Cc1ccccc1. The molecule has 5 nitrogen and oxygen atoms in total. The Morgan fingerprint density at radius 2 is 1.69 bits per heavy atom. The van der Waals surface area contributed by atoms with Crippen LogP contribution in [0.25, 0.3) is 0 Å². The standard InChI is InChI=1S/C21H25NO4/c1-3-16(2)22-20(23)14-26-21(24)15-25-19-12-8-7-11-18(19)13-17-9-5-4-6-10-17/h4-12,16H,3,13-15H2,1-2H3,(H,22,23)/t16-/m0/s1. The van der Waals surface area contributed by atoms with E-state index in [0.29, 0.717) is 12.2 Å². The zero-order chi connectivity index (χ0) is 18.8. The number of rotatable bonds is 9. The van der Waals surface area contributed by atoms with E-state index in [9.17, 15) is 9.59 Å². The van der Waals surface area contributed by atoms with Gasteiger partial charge in [-0.1, -0.05) is 55.5 Å². The van der Waals surface area contributed by atoms with Crippen molar-refractivity contribution < 1.29 is 19.1 Å². The van der Waals surface area contributed by atoms with Crippen molar-refractivity contribution in [2.45, 2.75) is 32.7 Å². The monoisotopic (exact) mass is 355 g/mol. The molecule has 0 fully saturated rings. The number of carbonyl (C=O) groups excluding carboxylic acids is 2. The molecule has 1 atom stereocenters. The highest BCUT2D eigenvalue weighted by molar-refractivity contribution is 5.81. The van der Waals surface area contributed by atoms with Gasteiger partial charge in [-0.25, -0.2) is 4.79 Å². The van der Waals surface area contributed by atoms with Crippen molar-refractivity contribution in [3.05, 3.63) is 65.7 Å². The molecule has 2 aromatic rings. The second-order valence-corrected chi connectivity index (χ2v) is 6.10. The summed E-state index contributed by atoms with van der Waals surface area (Å²) in [6.07, 6.45) is 1.53. The fourth-order valence-electron chi connectivity index (χ4n) is 2.35. The van der Waals surface area contributed by atoms with E-state index in [-0.39, 0.29) is 25.2 Å². The van der Waals surface area contributed by atoms with Gasteiger partial charge >= 0.3 is 5.97 Å². The molecule has 0 aliphatic rings. The summed E-state index contributed by atoms with van der Waals surface area (Å²) in [5.74, 6) is -0.242. The van der Waals surface area contributed by atoms with Crippen molar-refractivity contribution in [2.75, 3.05) is 13.2 Å². The molecule has 0 aliphatic carbocycles. The van der Waals surface area contributed by atoms with Crippen molar-refractivity contribution in [1.29, 1.82) is 0 Å². The van der Waals surface area contributed by atoms with Crippen LogP contribution in [0.2, 0.25) is 0 Å². The second kappa shape index (κ2) is 10.2. The Morgan fingerprint density at radius 3 is 2.42 bits per heavy atom. The molecule has 0 saturated heterocycles. The number of hydrogen-bond donors (Lipinski definition) is 1. The van der Waals surface area contributed by atoms with E-state index in [4.69, 9.17) is 9.47 Å². The van der Waals surface area contributed by atoms with Crippen molar-refractivity contribution in [1.82, 2.24) is 5.32 Å². The number of hydrogen-bond acceptors (Lipinski definition) is 4. The van der Waals surface area contributed by atoms with E-state index in [1.165, 1.54) is 0 Å². The van der Waals surface area contributed by atoms with Gasteiger partial charge in [0.1, 0.15) is 5.75 Å². The van der Waals surface area contributed by atoms with Crippen molar-refractivity contribution >= 4 is 11.9 Å². The van der Waals surface area contributed by atoms with Crippen molar-refractivity contribution in [3.63, 3.8) is 0 Å². The van der Waals surface area contributed by atoms with Gasteiger partial charge in [0, 0.05) is 12.5 Å². The third kappa shape index (κ3) is 6.59. The molecule has 0 heterocycles. The second-order valence-electron chi connectivity index (χ2n) is 6.10. The molecule has 5 heteroatoms. The van der Waals surface area contributed by atoms with Gasteiger partial charge in [-0.3, -0.25) is 4.79 Å². The smallest absolute Gasteiger partial charge is 0.344 e. The maximum atomic E-state index is 11.8. The van der Waals surface area contributed by atoms with Gasteiger partial charge in [0.15, 0.2) is 13.2 Å². The van der Waals surface area contributed by atoms with Gasteiger partial charge in [-0.2, -0.15) is 0 Å². The number of nitrogens with one attached hydrogen (secondary N) is 1. The van der Waals surface area contributed by atoms with Gasteiger partial charge in [0.2, 0.25) is 0 Å². The number of para-hydroxylation sites is 1. The Morgan fingerprint density at radius 1 is 1.00 bits per heavy atom.